The molecule has 0 spiro atoms. The third-order valence-corrected chi connectivity index (χ3v) is 3.45. The van der Waals surface area contributed by atoms with Gasteiger partial charge in [-0.1, -0.05) is 0 Å². The molecule has 94 valence electrons. The molecule has 0 atom stereocenters. The lowest BCUT2D eigenvalue weighted by atomic mass is 10.3. The number of thioether (sulfide) groups is 1. The minimum atomic E-state index is -1.01. The number of rotatable bonds is 5. The van der Waals surface area contributed by atoms with Gasteiger partial charge in [-0.15, -0.1) is 11.8 Å². The molecule has 6 heteroatoms. The molecule has 0 amide bonds. The molecule has 0 bridgehead atoms. The zero-order valence-corrected chi connectivity index (χ0v) is 10.7. The van der Waals surface area contributed by atoms with Crippen molar-refractivity contribution in [3.63, 3.8) is 0 Å². The summed E-state index contributed by atoms with van der Waals surface area (Å²) < 4.78 is 2.06. The molecule has 2 rings (SSSR count). The van der Waals surface area contributed by atoms with Crippen molar-refractivity contribution in [1.82, 2.24) is 14.5 Å². The number of aromatic carboxylic acids is 1. The normalized spacial score (nSPS) is 10.5. The zero-order chi connectivity index (χ0) is 13.0. The Morgan fingerprint density at radius 2 is 2.28 bits per heavy atom. The van der Waals surface area contributed by atoms with Gasteiger partial charge < -0.3 is 9.67 Å². The maximum atomic E-state index is 10.8. The van der Waals surface area contributed by atoms with E-state index in [4.69, 9.17) is 5.11 Å². The first-order chi connectivity index (χ1) is 8.70. The van der Waals surface area contributed by atoms with Crippen LogP contribution >= 0.6 is 11.8 Å². The van der Waals surface area contributed by atoms with E-state index in [9.17, 15) is 4.79 Å². The van der Waals surface area contributed by atoms with Gasteiger partial charge in [-0.2, -0.15) is 0 Å². The van der Waals surface area contributed by atoms with Gasteiger partial charge in [0, 0.05) is 30.0 Å². The smallest absolute Gasteiger partial charge is 0.354 e. The number of hydrogen-bond acceptors (Lipinski definition) is 4. The Balaban J connectivity index is 2.06. The molecule has 0 aliphatic rings. The van der Waals surface area contributed by atoms with Crippen molar-refractivity contribution in [2.75, 3.05) is 0 Å². The lowest BCUT2D eigenvalue weighted by molar-refractivity contribution is 0.0690. The maximum Gasteiger partial charge on any atom is 0.354 e. The van der Waals surface area contributed by atoms with Crippen molar-refractivity contribution < 1.29 is 9.90 Å². The number of carboxylic acids is 1. The number of nitrogens with zero attached hydrogens (tertiary/aromatic N) is 3. The Hall–Kier alpha value is -1.82. The topological polar surface area (TPSA) is 68.0 Å². The number of carbonyl (C=O) groups is 1. The standard InChI is InChI=1S/C12H13N3O2S/c1-2-15-6-5-14-11(15)8-18-9-3-4-13-10(7-9)12(16)17/h3-7H,2,8H2,1H3,(H,16,17). The van der Waals surface area contributed by atoms with E-state index >= 15 is 0 Å². The van der Waals surface area contributed by atoms with Crippen molar-refractivity contribution in [3.05, 3.63) is 42.2 Å². The van der Waals surface area contributed by atoms with Gasteiger partial charge in [0.25, 0.3) is 0 Å². The van der Waals surface area contributed by atoms with Gasteiger partial charge >= 0.3 is 5.97 Å². The molecule has 2 aromatic rings. The van der Waals surface area contributed by atoms with E-state index in [-0.39, 0.29) is 5.69 Å². The molecule has 18 heavy (non-hydrogen) atoms. The highest BCUT2D eigenvalue weighted by Gasteiger charge is 2.07. The van der Waals surface area contributed by atoms with Crippen LogP contribution in [0.3, 0.4) is 0 Å². The second-order valence-corrected chi connectivity index (χ2v) is 4.65. The average Bonchev–Trinajstić information content (AvgIpc) is 2.84. The Morgan fingerprint density at radius 3 is 3.00 bits per heavy atom. The molecule has 5 nitrogen and oxygen atoms in total. The molecule has 0 aliphatic heterocycles. The quantitative estimate of drug-likeness (QED) is 0.838. The number of carboxylic acid groups (broad SMARTS) is 1. The fraction of sp³-hybridized carbons (Fsp3) is 0.250. The molecular formula is C12H13N3O2S. The highest BCUT2D eigenvalue weighted by Crippen LogP contribution is 2.22. The van der Waals surface area contributed by atoms with Crippen LogP contribution in [0.15, 0.2) is 35.6 Å². The van der Waals surface area contributed by atoms with Gasteiger partial charge in [0.2, 0.25) is 0 Å². The van der Waals surface area contributed by atoms with Crippen molar-refractivity contribution in [3.8, 4) is 0 Å². The molecule has 0 saturated carbocycles. The van der Waals surface area contributed by atoms with Gasteiger partial charge in [-0.05, 0) is 19.1 Å². The summed E-state index contributed by atoms with van der Waals surface area (Å²) in [6.45, 7) is 2.94. The summed E-state index contributed by atoms with van der Waals surface area (Å²) in [5.74, 6) is 0.688. The van der Waals surface area contributed by atoms with Crippen molar-refractivity contribution in [2.45, 2.75) is 24.1 Å². The first-order valence-corrected chi connectivity index (χ1v) is 6.51. The van der Waals surface area contributed by atoms with Crippen LogP contribution in [0.5, 0.6) is 0 Å². The minimum Gasteiger partial charge on any atom is -0.477 e. The minimum absolute atomic E-state index is 0.0684. The third kappa shape index (κ3) is 2.89. The second kappa shape index (κ2) is 5.68. The predicted octanol–water partition coefficient (Wildman–Crippen LogP) is 2.29. The predicted molar refractivity (Wildman–Crippen MR) is 68.7 cm³/mol. The Bertz CT molecular complexity index is 554. The monoisotopic (exact) mass is 263 g/mol. The SMILES string of the molecule is CCn1ccnc1CSc1ccnc(C(=O)O)c1. The molecular weight excluding hydrogens is 250 g/mol. The summed E-state index contributed by atoms with van der Waals surface area (Å²) in [5.41, 5.74) is 0.0684. The third-order valence-electron chi connectivity index (χ3n) is 2.46. The number of hydrogen-bond donors (Lipinski definition) is 1. The summed E-state index contributed by atoms with van der Waals surface area (Å²) >= 11 is 1.55. The van der Waals surface area contributed by atoms with Gasteiger partial charge in [-0.3, -0.25) is 0 Å². The molecule has 0 radical (unpaired) electrons. The number of imidazole rings is 1. The fourth-order valence-corrected chi connectivity index (χ4v) is 2.42. The van der Waals surface area contributed by atoms with Gasteiger partial charge in [0.05, 0.1) is 5.75 Å². The molecule has 0 aliphatic carbocycles. The number of aryl methyl sites for hydroxylation is 1. The summed E-state index contributed by atoms with van der Waals surface area (Å²) in [5, 5.41) is 8.86. The van der Waals surface area contributed by atoms with Crippen LogP contribution in [0.2, 0.25) is 0 Å². The molecule has 0 unspecified atom stereocenters. The summed E-state index contributed by atoms with van der Waals surface area (Å²) in [6.07, 6.45) is 5.22. The Morgan fingerprint density at radius 1 is 1.44 bits per heavy atom. The van der Waals surface area contributed by atoms with Crippen LogP contribution in [0.25, 0.3) is 0 Å². The molecule has 1 N–H and O–H groups in total. The summed E-state index contributed by atoms with van der Waals surface area (Å²) in [4.78, 5) is 19.7. The van der Waals surface area contributed by atoms with Crippen molar-refractivity contribution >= 4 is 17.7 Å². The van der Waals surface area contributed by atoms with Crippen LogP contribution in [-0.4, -0.2) is 25.6 Å². The van der Waals surface area contributed by atoms with E-state index in [1.165, 1.54) is 6.20 Å². The van der Waals surface area contributed by atoms with Gasteiger partial charge in [0.15, 0.2) is 0 Å². The van der Waals surface area contributed by atoms with E-state index in [0.29, 0.717) is 5.75 Å². The van der Waals surface area contributed by atoms with Crippen LogP contribution in [0.1, 0.15) is 23.2 Å². The van der Waals surface area contributed by atoms with Crippen LogP contribution < -0.4 is 0 Å². The number of aromatic nitrogens is 3. The second-order valence-electron chi connectivity index (χ2n) is 3.60. The molecule has 0 saturated heterocycles. The lowest BCUT2D eigenvalue weighted by Gasteiger charge is -2.04. The number of pyridine rings is 1. The maximum absolute atomic E-state index is 10.8. The van der Waals surface area contributed by atoms with E-state index < -0.39 is 5.97 Å². The molecule has 0 fully saturated rings. The molecule has 2 heterocycles. The van der Waals surface area contributed by atoms with E-state index in [1.54, 1.807) is 30.1 Å². The van der Waals surface area contributed by atoms with Crippen molar-refractivity contribution in [2.24, 2.45) is 0 Å². The van der Waals surface area contributed by atoms with E-state index in [1.807, 2.05) is 6.20 Å². The lowest BCUT2D eigenvalue weighted by Crippen LogP contribution is -2.00. The largest absolute Gasteiger partial charge is 0.477 e. The highest BCUT2D eigenvalue weighted by molar-refractivity contribution is 7.98. The van der Waals surface area contributed by atoms with Gasteiger partial charge in [-0.25, -0.2) is 14.8 Å². The highest BCUT2D eigenvalue weighted by atomic mass is 32.2. The van der Waals surface area contributed by atoms with E-state index in [0.717, 1.165) is 17.3 Å². The van der Waals surface area contributed by atoms with Crippen LogP contribution in [0.4, 0.5) is 0 Å². The summed E-state index contributed by atoms with van der Waals surface area (Å²) in [7, 11) is 0. The average molecular weight is 263 g/mol. The Labute approximate surface area is 109 Å². The van der Waals surface area contributed by atoms with E-state index in [2.05, 4.69) is 21.5 Å². The first kappa shape index (κ1) is 12.6. The molecule has 2 aromatic heterocycles. The zero-order valence-electron chi connectivity index (χ0n) is 9.91. The first-order valence-electron chi connectivity index (χ1n) is 5.53. The Kier molecular flexibility index (Phi) is 3.99. The summed E-state index contributed by atoms with van der Waals surface area (Å²) in [6, 6.07) is 3.38. The van der Waals surface area contributed by atoms with Crippen LogP contribution in [0, 0.1) is 0 Å². The molecule has 0 aromatic carbocycles. The van der Waals surface area contributed by atoms with Crippen LogP contribution in [-0.2, 0) is 12.3 Å². The van der Waals surface area contributed by atoms with Crippen molar-refractivity contribution in [1.29, 1.82) is 0 Å². The van der Waals surface area contributed by atoms with Gasteiger partial charge in [0.1, 0.15) is 11.5 Å². The fourth-order valence-electron chi connectivity index (χ4n) is 1.53.